The van der Waals surface area contributed by atoms with Crippen LogP contribution in [-0.4, -0.2) is 31.1 Å². The number of aryl methyl sites for hydroxylation is 2. The molecule has 4 atom stereocenters. The molecule has 2 N–H and O–H groups in total. The van der Waals surface area contributed by atoms with E-state index in [2.05, 4.69) is 5.32 Å². The van der Waals surface area contributed by atoms with Crippen LogP contribution in [0.4, 0.5) is 5.69 Å². The molecule has 1 saturated carbocycles. The summed E-state index contributed by atoms with van der Waals surface area (Å²) in [5.74, 6) is -5.19. The Morgan fingerprint density at radius 2 is 1.52 bits per heavy atom. The molecule has 1 aromatic carbocycles. The molecular weight excluding hydrogens is 479 g/mol. The van der Waals surface area contributed by atoms with Gasteiger partial charge in [0.15, 0.2) is 4.33 Å². The molecule has 2 aliphatic rings. The average molecular weight is 492 g/mol. The molecule has 0 spiro atoms. The second-order valence-electron chi connectivity index (χ2n) is 6.73. The molecule has 2 aliphatic carbocycles. The third-order valence-corrected chi connectivity index (χ3v) is 9.38. The number of rotatable bonds is 3. The minimum Gasteiger partial charge on any atom is -0.481 e. The van der Waals surface area contributed by atoms with Crippen molar-refractivity contribution < 1.29 is 14.7 Å². The first-order valence-electron chi connectivity index (χ1n) is 7.74. The van der Waals surface area contributed by atoms with Crippen molar-refractivity contribution in [3.8, 4) is 0 Å². The fourth-order valence-electron chi connectivity index (χ4n) is 3.79. The molecule has 0 aliphatic heterocycles. The van der Waals surface area contributed by atoms with Gasteiger partial charge in [-0.3, -0.25) is 9.59 Å². The van der Waals surface area contributed by atoms with Gasteiger partial charge in [-0.1, -0.05) is 64.1 Å². The van der Waals surface area contributed by atoms with Gasteiger partial charge in [-0.25, -0.2) is 0 Å². The second-order valence-corrected chi connectivity index (χ2v) is 10.0. The van der Waals surface area contributed by atoms with Crippen LogP contribution < -0.4 is 5.32 Å². The van der Waals surface area contributed by atoms with Gasteiger partial charge >= 0.3 is 5.97 Å². The van der Waals surface area contributed by atoms with Crippen LogP contribution >= 0.6 is 69.6 Å². The van der Waals surface area contributed by atoms with Crippen LogP contribution in [0.15, 0.2) is 28.3 Å². The molecule has 1 fully saturated rings. The topological polar surface area (TPSA) is 66.4 Å². The number of alkyl halides is 4. The highest BCUT2D eigenvalue weighted by Gasteiger charge is 2.85. The fraction of sp³-hybridized carbons (Fsp3) is 0.412. The zero-order valence-corrected chi connectivity index (χ0v) is 18.5. The van der Waals surface area contributed by atoms with Crippen LogP contribution in [0.5, 0.6) is 0 Å². The van der Waals surface area contributed by atoms with Gasteiger partial charge < -0.3 is 10.4 Å². The molecule has 0 radical (unpaired) electrons. The van der Waals surface area contributed by atoms with Gasteiger partial charge in [-0.05, 0) is 25.5 Å². The van der Waals surface area contributed by atoms with E-state index in [4.69, 9.17) is 69.6 Å². The predicted molar refractivity (Wildman–Crippen MR) is 109 cm³/mol. The highest BCUT2D eigenvalue weighted by molar-refractivity contribution is 6.66. The molecule has 4 nitrogen and oxygen atoms in total. The monoisotopic (exact) mass is 489 g/mol. The first kappa shape index (κ1) is 21.4. The van der Waals surface area contributed by atoms with Crippen molar-refractivity contribution in [2.75, 3.05) is 5.32 Å². The SMILES string of the molecule is Cc1ccc(NC(=O)[C@@H]2[C@@H](C(=O)O)[C@@]3(Cl)C(Cl)=C(Cl)[C@@]2(Cl)C3(Cl)Cl)c(C)c1. The molecule has 2 bridgehead atoms. The number of carboxylic acids is 1. The molecule has 10 heteroatoms. The maximum Gasteiger partial charge on any atom is 0.309 e. The Labute approximate surface area is 185 Å². The van der Waals surface area contributed by atoms with E-state index in [0.717, 1.165) is 11.1 Å². The van der Waals surface area contributed by atoms with Gasteiger partial charge in [-0.2, -0.15) is 0 Å². The summed E-state index contributed by atoms with van der Waals surface area (Å²) in [5, 5.41) is 11.9. The normalized spacial score (nSPS) is 34.1. The maximum atomic E-state index is 13.1. The number of fused-ring (bicyclic) bond motifs is 2. The Morgan fingerprint density at radius 1 is 1.00 bits per heavy atom. The van der Waals surface area contributed by atoms with Crippen molar-refractivity contribution in [3.63, 3.8) is 0 Å². The smallest absolute Gasteiger partial charge is 0.309 e. The van der Waals surface area contributed by atoms with E-state index in [9.17, 15) is 14.7 Å². The van der Waals surface area contributed by atoms with Crippen molar-refractivity contribution >= 4 is 87.2 Å². The van der Waals surface area contributed by atoms with Gasteiger partial charge in [0.05, 0.1) is 21.9 Å². The quantitative estimate of drug-likeness (QED) is 0.556. The van der Waals surface area contributed by atoms with E-state index in [1.165, 1.54) is 0 Å². The van der Waals surface area contributed by atoms with E-state index in [1.54, 1.807) is 19.1 Å². The molecule has 0 unspecified atom stereocenters. The summed E-state index contributed by atoms with van der Waals surface area (Å²) in [7, 11) is 0. The van der Waals surface area contributed by atoms with E-state index < -0.39 is 37.8 Å². The van der Waals surface area contributed by atoms with Crippen molar-refractivity contribution in [1.29, 1.82) is 0 Å². The Kier molecular flexibility index (Phi) is 5.20. The zero-order valence-electron chi connectivity index (χ0n) is 13.9. The van der Waals surface area contributed by atoms with Gasteiger partial charge in [0.2, 0.25) is 5.91 Å². The van der Waals surface area contributed by atoms with Crippen LogP contribution in [0.2, 0.25) is 0 Å². The lowest BCUT2D eigenvalue weighted by Gasteiger charge is -2.33. The number of carbonyl (C=O) groups is 2. The van der Waals surface area contributed by atoms with Gasteiger partial charge in [0, 0.05) is 5.69 Å². The van der Waals surface area contributed by atoms with Crippen LogP contribution in [0.25, 0.3) is 0 Å². The number of hydrogen-bond donors (Lipinski definition) is 2. The molecule has 146 valence electrons. The molecular formula is C17H13Cl6NO3. The highest BCUT2D eigenvalue weighted by Crippen LogP contribution is 2.76. The third-order valence-electron chi connectivity index (χ3n) is 5.12. The number of carbonyl (C=O) groups excluding carboxylic acids is 1. The summed E-state index contributed by atoms with van der Waals surface area (Å²) in [5.41, 5.74) is 2.27. The largest absolute Gasteiger partial charge is 0.481 e. The van der Waals surface area contributed by atoms with Crippen molar-refractivity contribution in [3.05, 3.63) is 39.4 Å². The molecule has 0 aromatic heterocycles. The lowest BCUT2D eigenvalue weighted by Crippen LogP contribution is -2.47. The van der Waals surface area contributed by atoms with E-state index in [1.807, 2.05) is 13.0 Å². The number of aliphatic carboxylic acids is 1. The van der Waals surface area contributed by atoms with Crippen LogP contribution in [0, 0.1) is 25.7 Å². The van der Waals surface area contributed by atoms with Crippen LogP contribution in [0.1, 0.15) is 11.1 Å². The van der Waals surface area contributed by atoms with Gasteiger partial charge in [-0.15, -0.1) is 23.2 Å². The van der Waals surface area contributed by atoms with Gasteiger partial charge in [0.25, 0.3) is 0 Å². The third kappa shape index (κ3) is 2.57. The van der Waals surface area contributed by atoms with Crippen molar-refractivity contribution in [1.82, 2.24) is 0 Å². The summed E-state index contributed by atoms with van der Waals surface area (Å²) >= 11 is 38.3. The standard InChI is InChI=1S/C17H13Cl6NO3/c1-6-3-4-8(7(2)5-6)24-13(25)9-10(14(26)27)16(21)12(19)11(18)15(9,20)17(16,22)23/h3-5,9-10H,1-2H3,(H,24,25)(H,26,27)/t9-,10-,15+,16+/m0/s1. The Morgan fingerprint density at radius 3 is 2.00 bits per heavy atom. The van der Waals surface area contributed by atoms with Crippen molar-refractivity contribution in [2.45, 2.75) is 27.9 Å². The summed E-state index contributed by atoms with van der Waals surface area (Å²) in [4.78, 5) is 21.0. The Balaban J connectivity index is 2.11. The first-order chi connectivity index (χ1) is 12.3. The van der Waals surface area contributed by atoms with Crippen molar-refractivity contribution in [2.24, 2.45) is 11.8 Å². The molecule has 1 amide bonds. The average Bonchev–Trinajstić information content (AvgIpc) is 2.77. The lowest BCUT2D eigenvalue weighted by molar-refractivity contribution is -0.146. The minimum atomic E-state index is -2.12. The number of carboxylic acid groups (broad SMARTS) is 1. The maximum absolute atomic E-state index is 13.1. The number of nitrogens with one attached hydrogen (secondary N) is 1. The number of amides is 1. The number of anilines is 1. The number of allylic oxidation sites excluding steroid dienone is 2. The van der Waals surface area contributed by atoms with E-state index >= 15 is 0 Å². The van der Waals surface area contributed by atoms with Crippen LogP contribution in [0.3, 0.4) is 0 Å². The van der Waals surface area contributed by atoms with Crippen LogP contribution in [-0.2, 0) is 9.59 Å². The Hall–Kier alpha value is -0.360. The summed E-state index contributed by atoms with van der Waals surface area (Å²) < 4.78 is -2.12. The molecule has 3 rings (SSSR count). The summed E-state index contributed by atoms with van der Waals surface area (Å²) in [6.07, 6.45) is 0. The molecule has 0 heterocycles. The highest BCUT2D eigenvalue weighted by atomic mass is 35.5. The van der Waals surface area contributed by atoms with Gasteiger partial charge in [0.1, 0.15) is 9.75 Å². The first-order valence-corrected chi connectivity index (χ1v) is 10.0. The lowest BCUT2D eigenvalue weighted by atomic mass is 9.81. The Bertz CT molecular complexity index is 901. The number of halogens is 6. The summed E-state index contributed by atoms with van der Waals surface area (Å²) in [6, 6.07) is 5.36. The van der Waals surface area contributed by atoms with E-state index in [0.29, 0.717) is 5.69 Å². The molecule has 0 saturated heterocycles. The number of benzene rings is 1. The molecule has 27 heavy (non-hydrogen) atoms. The predicted octanol–water partition coefficient (Wildman–Crippen LogP) is 5.40. The second kappa shape index (κ2) is 6.58. The number of hydrogen-bond acceptors (Lipinski definition) is 2. The minimum absolute atomic E-state index is 0.232. The summed E-state index contributed by atoms with van der Waals surface area (Å²) in [6.45, 7) is 3.71. The fourth-order valence-corrected chi connectivity index (χ4v) is 6.73. The molecule has 1 aromatic rings. The van der Waals surface area contributed by atoms with E-state index in [-0.39, 0.29) is 10.1 Å². The zero-order chi connectivity index (χ0) is 20.5.